The number of benzene rings is 2. The van der Waals surface area contributed by atoms with E-state index in [0.29, 0.717) is 31.9 Å². The van der Waals surface area contributed by atoms with E-state index in [0.717, 1.165) is 15.9 Å². The number of nitrogens with one attached hydrogen (secondary N) is 1. The molecule has 8 nitrogen and oxygen atoms in total. The van der Waals surface area contributed by atoms with Crippen LogP contribution in [0.2, 0.25) is 0 Å². The number of hydrogen-bond donors (Lipinski definition) is 1. The van der Waals surface area contributed by atoms with E-state index in [1.165, 1.54) is 24.3 Å². The third-order valence-electron chi connectivity index (χ3n) is 5.77. The van der Waals surface area contributed by atoms with Gasteiger partial charge >= 0.3 is 0 Å². The molecule has 176 valence electrons. The minimum atomic E-state index is -0.430. The summed E-state index contributed by atoms with van der Waals surface area (Å²) in [5, 5.41) is 6.90. The van der Waals surface area contributed by atoms with Gasteiger partial charge in [-0.1, -0.05) is 17.7 Å². The van der Waals surface area contributed by atoms with E-state index in [4.69, 9.17) is 0 Å². The topological polar surface area (TPSA) is 87.5 Å². The monoisotopic (exact) mass is 463 g/mol. The number of amides is 2. The quantitative estimate of drug-likeness (QED) is 0.607. The fourth-order valence-corrected chi connectivity index (χ4v) is 3.79. The van der Waals surface area contributed by atoms with Crippen LogP contribution in [-0.2, 0) is 11.3 Å². The zero-order valence-electron chi connectivity index (χ0n) is 18.9. The second-order valence-electron chi connectivity index (χ2n) is 8.19. The Bertz CT molecular complexity index is 1220. The maximum atomic E-state index is 13.1. The van der Waals surface area contributed by atoms with E-state index in [9.17, 15) is 18.8 Å². The molecule has 3 aromatic rings. The van der Waals surface area contributed by atoms with E-state index in [-0.39, 0.29) is 35.9 Å². The molecule has 0 spiro atoms. The Kier molecular flexibility index (Phi) is 7.01. The minimum Gasteiger partial charge on any atom is -0.368 e. The van der Waals surface area contributed by atoms with Gasteiger partial charge in [0.2, 0.25) is 5.91 Å². The van der Waals surface area contributed by atoms with Crippen molar-refractivity contribution in [2.75, 3.05) is 36.4 Å². The highest BCUT2D eigenvalue weighted by Crippen LogP contribution is 2.17. The van der Waals surface area contributed by atoms with Crippen LogP contribution in [0.15, 0.2) is 65.5 Å². The summed E-state index contributed by atoms with van der Waals surface area (Å²) in [5.74, 6) is -0.791. The second kappa shape index (κ2) is 10.3. The molecule has 0 aliphatic carbocycles. The molecule has 0 radical (unpaired) electrons. The molecule has 4 rings (SSSR count). The van der Waals surface area contributed by atoms with E-state index < -0.39 is 5.91 Å². The maximum absolute atomic E-state index is 13.1. The number of carbonyl (C=O) groups is 2. The van der Waals surface area contributed by atoms with E-state index in [1.54, 1.807) is 29.2 Å². The molecule has 0 bridgehead atoms. The van der Waals surface area contributed by atoms with E-state index in [1.807, 2.05) is 19.1 Å². The average Bonchev–Trinajstić information content (AvgIpc) is 2.85. The standard InChI is InChI=1S/C25H26FN5O3/c1-18-2-6-20(7-3-18)27-25(34)22-10-11-24(33)31(28-22)13-12-23(32)30-16-14-29(15-17-30)21-8-4-19(26)5-9-21/h2-11H,12-17H2,1H3,(H,27,34). The van der Waals surface area contributed by atoms with Crippen LogP contribution in [0, 0.1) is 12.7 Å². The van der Waals surface area contributed by atoms with Gasteiger partial charge in [0.25, 0.3) is 11.5 Å². The van der Waals surface area contributed by atoms with Gasteiger partial charge in [-0.25, -0.2) is 9.07 Å². The Morgan fingerprint density at radius 2 is 1.62 bits per heavy atom. The fourth-order valence-electron chi connectivity index (χ4n) is 3.79. The van der Waals surface area contributed by atoms with Crippen LogP contribution in [0.4, 0.5) is 15.8 Å². The molecule has 1 aliphatic rings. The Morgan fingerprint density at radius 3 is 2.29 bits per heavy atom. The third kappa shape index (κ3) is 5.67. The number of anilines is 2. The predicted octanol–water partition coefficient (Wildman–Crippen LogP) is 2.68. The van der Waals surface area contributed by atoms with Crippen molar-refractivity contribution in [3.63, 3.8) is 0 Å². The molecule has 2 heterocycles. The number of hydrogen-bond acceptors (Lipinski definition) is 5. The number of halogens is 1. The molecule has 1 aromatic heterocycles. The lowest BCUT2D eigenvalue weighted by Crippen LogP contribution is -2.49. The van der Waals surface area contributed by atoms with Gasteiger partial charge in [-0.2, -0.15) is 5.10 Å². The summed E-state index contributed by atoms with van der Waals surface area (Å²) in [4.78, 5) is 41.3. The van der Waals surface area contributed by atoms with Crippen molar-refractivity contribution in [1.29, 1.82) is 0 Å². The Balaban J connectivity index is 1.32. The summed E-state index contributed by atoms with van der Waals surface area (Å²) in [5.41, 5.74) is 2.35. The molecule has 1 saturated heterocycles. The molecule has 2 amide bonds. The van der Waals surface area contributed by atoms with Gasteiger partial charge < -0.3 is 15.1 Å². The highest BCUT2D eigenvalue weighted by molar-refractivity contribution is 6.02. The molecule has 2 aromatic carbocycles. The van der Waals surface area contributed by atoms with Crippen LogP contribution in [0.3, 0.4) is 0 Å². The van der Waals surface area contributed by atoms with Crippen LogP contribution in [0.5, 0.6) is 0 Å². The van der Waals surface area contributed by atoms with E-state index >= 15 is 0 Å². The van der Waals surface area contributed by atoms with Gasteiger partial charge in [0, 0.05) is 50.0 Å². The molecule has 0 unspecified atom stereocenters. The molecule has 9 heteroatoms. The molecule has 1 aliphatic heterocycles. The first kappa shape index (κ1) is 23.2. The zero-order chi connectivity index (χ0) is 24.1. The third-order valence-corrected chi connectivity index (χ3v) is 5.77. The maximum Gasteiger partial charge on any atom is 0.276 e. The predicted molar refractivity (Wildman–Crippen MR) is 127 cm³/mol. The van der Waals surface area contributed by atoms with Crippen molar-refractivity contribution in [2.24, 2.45) is 0 Å². The highest BCUT2D eigenvalue weighted by atomic mass is 19.1. The fraction of sp³-hybridized carbons (Fsp3) is 0.280. The van der Waals surface area contributed by atoms with Crippen molar-refractivity contribution >= 4 is 23.2 Å². The normalized spacial score (nSPS) is 13.6. The molecule has 1 fully saturated rings. The first-order chi connectivity index (χ1) is 16.4. The van der Waals surface area contributed by atoms with Crippen LogP contribution < -0.4 is 15.8 Å². The van der Waals surface area contributed by atoms with Gasteiger partial charge in [-0.3, -0.25) is 14.4 Å². The molecular weight excluding hydrogens is 437 g/mol. The van der Waals surface area contributed by atoms with Crippen molar-refractivity contribution in [2.45, 2.75) is 19.9 Å². The van der Waals surface area contributed by atoms with Crippen molar-refractivity contribution < 1.29 is 14.0 Å². The summed E-state index contributed by atoms with van der Waals surface area (Å²) >= 11 is 0. The van der Waals surface area contributed by atoms with Gasteiger partial charge in [-0.05, 0) is 49.4 Å². The van der Waals surface area contributed by atoms with Crippen molar-refractivity contribution in [3.05, 3.63) is 88.1 Å². The molecule has 1 N–H and O–H groups in total. The lowest BCUT2D eigenvalue weighted by Gasteiger charge is -2.36. The number of aryl methyl sites for hydroxylation is 2. The Morgan fingerprint density at radius 1 is 0.941 bits per heavy atom. The number of nitrogens with zero attached hydrogens (tertiary/aromatic N) is 4. The summed E-state index contributed by atoms with van der Waals surface area (Å²) in [6, 6.07) is 16.3. The van der Waals surface area contributed by atoms with Gasteiger partial charge in [-0.15, -0.1) is 0 Å². The lowest BCUT2D eigenvalue weighted by atomic mass is 10.2. The van der Waals surface area contributed by atoms with Crippen LogP contribution in [-0.4, -0.2) is 52.7 Å². The minimum absolute atomic E-state index is 0.0815. The summed E-state index contributed by atoms with van der Waals surface area (Å²) in [6.07, 6.45) is 0.104. The zero-order valence-corrected chi connectivity index (χ0v) is 18.9. The Hall–Kier alpha value is -4.01. The van der Waals surface area contributed by atoms with Gasteiger partial charge in [0.15, 0.2) is 0 Å². The van der Waals surface area contributed by atoms with Crippen molar-refractivity contribution in [3.8, 4) is 0 Å². The smallest absolute Gasteiger partial charge is 0.276 e. The van der Waals surface area contributed by atoms with Gasteiger partial charge in [0.05, 0.1) is 6.54 Å². The second-order valence-corrected chi connectivity index (χ2v) is 8.19. The summed E-state index contributed by atoms with van der Waals surface area (Å²) in [6.45, 7) is 4.40. The SMILES string of the molecule is Cc1ccc(NC(=O)c2ccc(=O)n(CCC(=O)N3CCN(c4ccc(F)cc4)CC3)n2)cc1. The van der Waals surface area contributed by atoms with Crippen LogP contribution in [0.1, 0.15) is 22.5 Å². The van der Waals surface area contributed by atoms with Gasteiger partial charge in [0.1, 0.15) is 11.5 Å². The number of piperazine rings is 1. The van der Waals surface area contributed by atoms with Crippen LogP contribution in [0.25, 0.3) is 0 Å². The van der Waals surface area contributed by atoms with Crippen molar-refractivity contribution in [1.82, 2.24) is 14.7 Å². The molecule has 34 heavy (non-hydrogen) atoms. The summed E-state index contributed by atoms with van der Waals surface area (Å²) < 4.78 is 14.3. The number of aromatic nitrogens is 2. The van der Waals surface area contributed by atoms with Crippen LogP contribution >= 0.6 is 0 Å². The average molecular weight is 464 g/mol. The molecule has 0 atom stereocenters. The lowest BCUT2D eigenvalue weighted by molar-refractivity contribution is -0.131. The summed E-state index contributed by atoms with van der Waals surface area (Å²) in [7, 11) is 0. The largest absolute Gasteiger partial charge is 0.368 e. The van der Waals surface area contributed by atoms with E-state index in [2.05, 4.69) is 15.3 Å². The Labute approximate surface area is 196 Å². The molecule has 0 saturated carbocycles. The highest BCUT2D eigenvalue weighted by Gasteiger charge is 2.21. The first-order valence-corrected chi connectivity index (χ1v) is 11.1. The molecular formula is C25H26FN5O3. The number of rotatable bonds is 6. The number of carbonyl (C=O) groups excluding carboxylic acids is 2. The first-order valence-electron chi connectivity index (χ1n) is 11.1.